The molecule has 0 saturated carbocycles. The molecule has 28 heavy (non-hydrogen) atoms. The van der Waals surface area contributed by atoms with Gasteiger partial charge in [0.25, 0.3) is 5.56 Å². The number of fused-ring (bicyclic) bond motifs is 1. The molecule has 0 radical (unpaired) electrons. The number of thiophene rings is 1. The minimum Gasteiger partial charge on any atom is -0.379 e. The molecule has 1 aromatic carbocycles. The van der Waals surface area contributed by atoms with Gasteiger partial charge in [-0.25, -0.2) is 4.98 Å². The summed E-state index contributed by atoms with van der Waals surface area (Å²) in [5.74, 6) is 0.895. The minimum atomic E-state index is 0.0128. The van der Waals surface area contributed by atoms with E-state index in [1.807, 2.05) is 35.7 Å². The molecular weight excluding hydrogens is 390 g/mol. The van der Waals surface area contributed by atoms with Crippen molar-refractivity contribution < 1.29 is 4.74 Å². The molecule has 0 spiro atoms. The molecule has 1 aliphatic rings. The predicted molar refractivity (Wildman–Crippen MR) is 117 cm³/mol. The Morgan fingerprint density at radius 1 is 1.25 bits per heavy atom. The van der Waals surface area contributed by atoms with Gasteiger partial charge in [0, 0.05) is 42.9 Å². The molecule has 5 nitrogen and oxygen atoms in total. The van der Waals surface area contributed by atoms with Crippen LogP contribution >= 0.6 is 23.1 Å². The summed E-state index contributed by atoms with van der Waals surface area (Å²) in [5.41, 5.74) is 2.02. The molecule has 2 aromatic heterocycles. The maximum atomic E-state index is 13.3. The first-order valence-electron chi connectivity index (χ1n) is 9.39. The highest BCUT2D eigenvalue weighted by molar-refractivity contribution is 7.99. The Kier molecular flexibility index (Phi) is 6.26. The summed E-state index contributed by atoms with van der Waals surface area (Å²) in [5, 5.41) is 3.51. The molecule has 0 atom stereocenters. The summed E-state index contributed by atoms with van der Waals surface area (Å²) in [6.07, 6.45) is 1.76. The molecule has 1 fully saturated rings. The molecule has 0 amide bonds. The van der Waals surface area contributed by atoms with E-state index in [0.29, 0.717) is 11.9 Å². The van der Waals surface area contributed by atoms with Crippen molar-refractivity contribution in [3.63, 3.8) is 0 Å². The first-order valence-corrected chi connectivity index (χ1v) is 11.3. The van der Waals surface area contributed by atoms with Gasteiger partial charge in [-0.15, -0.1) is 17.9 Å². The van der Waals surface area contributed by atoms with E-state index < -0.39 is 0 Å². The Morgan fingerprint density at radius 2 is 2.04 bits per heavy atom. The zero-order valence-electron chi connectivity index (χ0n) is 15.7. The van der Waals surface area contributed by atoms with Crippen LogP contribution < -0.4 is 5.56 Å². The summed E-state index contributed by atoms with van der Waals surface area (Å²) in [6, 6.07) is 10.0. The molecule has 3 aromatic rings. The van der Waals surface area contributed by atoms with Gasteiger partial charge in [-0.1, -0.05) is 48.2 Å². The number of nitrogens with zero attached hydrogens (tertiary/aromatic N) is 3. The second-order valence-corrected chi connectivity index (χ2v) is 8.52. The van der Waals surface area contributed by atoms with Gasteiger partial charge < -0.3 is 4.74 Å². The fraction of sp³-hybridized carbons (Fsp3) is 0.333. The second-order valence-electron chi connectivity index (χ2n) is 6.60. The fourth-order valence-electron chi connectivity index (χ4n) is 3.33. The van der Waals surface area contributed by atoms with Crippen molar-refractivity contribution in [2.75, 3.05) is 38.6 Å². The third kappa shape index (κ3) is 4.07. The molecule has 1 saturated heterocycles. The SMILES string of the molecule is C=CCn1c(SCCN2CCOCC2)nc2scc(-c3ccccc3)c2c1=O. The van der Waals surface area contributed by atoms with Crippen LogP contribution in [0.4, 0.5) is 0 Å². The van der Waals surface area contributed by atoms with Gasteiger partial charge in [-0.05, 0) is 5.56 Å². The van der Waals surface area contributed by atoms with Crippen LogP contribution in [0.25, 0.3) is 21.3 Å². The quantitative estimate of drug-likeness (QED) is 0.336. The van der Waals surface area contributed by atoms with Crippen molar-refractivity contribution in [3.8, 4) is 11.1 Å². The normalized spacial score (nSPS) is 15.1. The van der Waals surface area contributed by atoms with E-state index in [1.54, 1.807) is 22.4 Å². The maximum absolute atomic E-state index is 13.3. The minimum absolute atomic E-state index is 0.0128. The summed E-state index contributed by atoms with van der Waals surface area (Å²) in [7, 11) is 0. The fourth-order valence-corrected chi connectivity index (χ4v) is 5.32. The number of benzene rings is 1. The van der Waals surface area contributed by atoms with Crippen LogP contribution in [0.1, 0.15) is 0 Å². The number of rotatable bonds is 7. The van der Waals surface area contributed by atoms with Crippen LogP contribution in [-0.4, -0.2) is 53.1 Å². The van der Waals surface area contributed by atoms with Gasteiger partial charge in [-0.2, -0.15) is 0 Å². The number of aromatic nitrogens is 2. The Morgan fingerprint density at radius 3 is 2.79 bits per heavy atom. The summed E-state index contributed by atoms with van der Waals surface area (Å²) >= 11 is 3.18. The summed E-state index contributed by atoms with van der Waals surface area (Å²) < 4.78 is 7.15. The number of ether oxygens (including phenoxy) is 1. The van der Waals surface area contributed by atoms with E-state index >= 15 is 0 Å². The lowest BCUT2D eigenvalue weighted by molar-refractivity contribution is 0.0410. The van der Waals surface area contributed by atoms with Crippen LogP contribution in [0.15, 0.2) is 58.3 Å². The molecule has 1 aliphatic heterocycles. The average molecular weight is 414 g/mol. The third-order valence-electron chi connectivity index (χ3n) is 4.80. The Balaban J connectivity index is 1.64. The summed E-state index contributed by atoms with van der Waals surface area (Å²) in [4.78, 5) is 21.3. The van der Waals surface area contributed by atoms with Gasteiger partial charge in [0.2, 0.25) is 0 Å². The first-order chi connectivity index (χ1) is 13.8. The van der Waals surface area contributed by atoms with Gasteiger partial charge in [-0.3, -0.25) is 14.3 Å². The number of hydrogen-bond donors (Lipinski definition) is 0. The Hall–Kier alpha value is -1.93. The molecule has 0 N–H and O–H groups in total. The van der Waals surface area contributed by atoms with Crippen LogP contribution in [0.5, 0.6) is 0 Å². The van der Waals surface area contributed by atoms with Crippen molar-refractivity contribution in [1.82, 2.24) is 14.5 Å². The number of allylic oxidation sites excluding steroid dienone is 1. The van der Waals surface area contributed by atoms with Crippen LogP contribution in [0, 0.1) is 0 Å². The highest BCUT2D eigenvalue weighted by Crippen LogP contribution is 2.32. The molecule has 0 aliphatic carbocycles. The van der Waals surface area contributed by atoms with E-state index in [9.17, 15) is 4.79 Å². The maximum Gasteiger partial charge on any atom is 0.263 e. The van der Waals surface area contributed by atoms with Crippen LogP contribution in [0.3, 0.4) is 0 Å². The number of morpholine rings is 1. The molecule has 4 rings (SSSR count). The van der Waals surface area contributed by atoms with E-state index in [-0.39, 0.29) is 5.56 Å². The van der Waals surface area contributed by atoms with Crippen molar-refractivity contribution in [1.29, 1.82) is 0 Å². The number of hydrogen-bond acceptors (Lipinski definition) is 6. The smallest absolute Gasteiger partial charge is 0.263 e. The van der Waals surface area contributed by atoms with Gasteiger partial charge >= 0.3 is 0 Å². The topological polar surface area (TPSA) is 47.4 Å². The third-order valence-corrected chi connectivity index (χ3v) is 6.63. The van der Waals surface area contributed by atoms with Gasteiger partial charge in [0.05, 0.1) is 18.6 Å². The first kappa shape index (κ1) is 19.4. The van der Waals surface area contributed by atoms with E-state index in [1.165, 1.54) is 11.3 Å². The summed E-state index contributed by atoms with van der Waals surface area (Å²) in [6.45, 7) is 8.79. The van der Waals surface area contributed by atoms with Crippen LogP contribution in [0.2, 0.25) is 0 Å². The predicted octanol–water partition coefficient (Wildman–Crippen LogP) is 3.74. The Labute approximate surface area is 172 Å². The van der Waals surface area contributed by atoms with E-state index in [4.69, 9.17) is 9.72 Å². The largest absolute Gasteiger partial charge is 0.379 e. The van der Waals surface area contributed by atoms with Gasteiger partial charge in [0.15, 0.2) is 5.16 Å². The average Bonchev–Trinajstić information content (AvgIpc) is 3.16. The molecule has 7 heteroatoms. The molecule has 3 heterocycles. The lowest BCUT2D eigenvalue weighted by atomic mass is 10.1. The van der Waals surface area contributed by atoms with Crippen molar-refractivity contribution in [2.45, 2.75) is 11.7 Å². The zero-order chi connectivity index (χ0) is 19.3. The van der Waals surface area contributed by atoms with E-state index in [0.717, 1.165) is 59.7 Å². The zero-order valence-corrected chi connectivity index (χ0v) is 17.3. The van der Waals surface area contributed by atoms with E-state index in [2.05, 4.69) is 11.5 Å². The lowest BCUT2D eigenvalue weighted by Gasteiger charge is -2.26. The van der Waals surface area contributed by atoms with Crippen LogP contribution in [-0.2, 0) is 11.3 Å². The standard InChI is InChI=1S/C21H23N3O2S2/c1-2-8-24-20(25)18-17(16-6-4-3-5-7-16)15-28-19(18)22-21(24)27-14-11-23-9-12-26-13-10-23/h2-7,15H,1,8-14H2. The van der Waals surface area contributed by atoms with Crippen molar-refractivity contribution in [2.24, 2.45) is 0 Å². The molecule has 146 valence electrons. The highest BCUT2D eigenvalue weighted by Gasteiger charge is 2.17. The number of thioether (sulfide) groups is 1. The van der Waals surface area contributed by atoms with Crippen molar-refractivity contribution >= 4 is 33.3 Å². The molecular formula is C21H23N3O2S2. The lowest BCUT2D eigenvalue weighted by Crippen LogP contribution is -2.37. The Bertz CT molecular complexity index is 1010. The van der Waals surface area contributed by atoms with Gasteiger partial charge in [0.1, 0.15) is 4.83 Å². The monoisotopic (exact) mass is 413 g/mol. The molecule has 0 bridgehead atoms. The highest BCUT2D eigenvalue weighted by atomic mass is 32.2. The molecule has 0 unspecified atom stereocenters. The second kappa shape index (κ2) is 9.05. The van der Waals surface area contributed by atoms with Crippen molar-refractivity contribution in [3.05, 3.63) is 58.7 Å².